The summed E-state index contributed by atoms with van der Waals surface area (Å²) >= 11 is 12.3. The second kappa shape index (κ2) is 13.6. The lowest BCUT2D eigenvalue weighted by molar-refractivity contribution is -0.121. The van der Waals surface area contributed by atoms with Crippen LogP contribution in [-0.2, 0) is 28.0 Å². The number of rotatable bonds is 11. The van der Waals surface area contributed by atoms with Crippen LogP contribution in [0.1, 0.15) is 22.3 Å². The minimum absolute atomic E-state index is 0.0639. The zero-order chi connectivity index (χ0) is 28.5. The van der Waals surface area contributed by atoms with Crippen LogP contribution in [0.15, 0.2) is 107 Å². The minimum atomic E-state index is -4.03. The third-order valence-corrected chi connectivity index (χ3v) is 8.26. The van der Waals surface area contributed by atoms with Gasteiger partial charge in [-0.25, -0.2) is 13.8 Å². The van der Waals surface area contributed by atoms with E-state index >= 15 is 0 Å². The number of hydrazone groups is 1. The summed E-state index contributed by atoms with van der Waals surface area (Å²) in [5.74, 6) is 0.0858. The number of nitrogens with one attached hydrogen (secondary N) is 1. The Morgan fingerprint density at radius 3 is 2.33 bits per heavy atom. The number of benzene rings is 4. The second-order valence-corrected chi connectivity index (χ2v) is 11.7. The van der Waals surface area contributed by atoms with Crippen LogP contribution in [-0.4, -0.2) is 31.4 Å². The second-order valence-electron chi connectivity index (χ2n) is 8.96. The first-order valence-electron chi connectivity index (χ1n) is 12.3. The summed E-state index contributed by atoms with van der Waals surface area (Å²) in [6.07, 6.45) is 1.47. The van der Waals surface area contributed by atoms with Gasteiger partial charge in [0.1, 0.15) is 12.4 Å². The van der Waals surface area contributed by atoms with Crippen LogP contribution in [0.25, 0.3) is 0 Å². The normalized spacial score (nSPS) is 11.6. The Labute approximate surface area is 244 Å². The van der Waals surface area contributed by atoms with Crippen LogP contribution in [0.3, 0.4) is 0 Å². The highest BCUT2D eigenvalue weighted by atomic mass is 35.5. The number of hydrogen-bond acceptors (Lipinski definition) is 5. The molecule has 0 heterocycles. The maximum Gasteiger partial charge on any atom is 0.255 e. The topological polar surface area (TPSA) is 88.1 Å². The molecule has 0 aliphatic heterocycles. The molecule has 0 fully saturated rings. The van der Waals surface area contributed by atoms with Crippen molar-refractivity contribution in [3.8, 4) is 5.75 Å². The highest BCUT2D eigenvalue weighted by Gasteiger charge is 2.27. The molecule has 1 amide bonds. The number of carbonyl (C=O) groups excluding carboxylic acids is 1. The summed E-state index contributed by atoms with van der Waals surface area (Å²) in [6, 6.07) is 28.2. The number of ether oxygens (including phenoxy) is 1. The molecule has 0 atom stereocenters. The van der Waals surface area contributed by atoms with E-state index in [2.05, 4.69) is 10.5 Å². The fraction of sp³-hybridized carbons (Fsp3) is 0.133. The van der Waals surface area contributed by atoms with E-state index in [1.807, 2.05) is 37.3 Å². The number of carbonyl (C=O) groups is 1. The summed E-state index contributed by atoms with van der Waals surface area (Å²) in [6.45, 7) is 1.71. The lowest BCUT2D eigenvalue weighted by atomic mass is 10.2. The van der Waals surface area contributed by atoms with E-state index in [0.29, 0.717) is 28.0 Å². The standard InChI is InChI=1S/C30H27Cl2N3O4S/c1-22-7-15-28(16-8-22)40(37,38)35(19-25-11-12-26(31)17-29(25)32)20-30(36)34-33-18-23-9-13-27(14-10-23)39-21-24-5-3-2-4-6-24/h2-18H,19-21H2,1H3,(H,34,36)/b33-18-. The molecule has 10 heteroatoms. The Bertz CT molecular complexity index is 1580. The van der Waals surface area contributed by atoms with Crippen LogP contribution in [0.5, 0.6) is 5.75 Å². The summed E-state index contributed by atoms with van der Waals surface area (Å²) in [5.41, 5.74) is 5.61. The largest absolute Gasteiger partial charge is 0.489 e. The first kappa shape index (κ1) is 29.3. The maximum absolute atomic E-state index is 13.5. The van der Waals surface area contributed by atoms with E-state index in [1.165, 1.54) is 24.4 Å². The lowest BCUT2D eigenvalue weighted by Gasteiger charge is -2.22. The third-order valence-electron chi connectivity index (χ3n) is 5.87. The van der Waals surface area contributed by atoms with Gasteiger partial charge in [-0.1, -0.05) is 77.3 Å². The SMILES string of the molecule is Cc1ccc(S(=O)(=O)N(CC(=O)N/N=C\c2ccc(OCc3ccccc3)cc2)Cc2ccc(Cl)cc2Cl)cc1. The Balaban J connectivity index is 1.41. The van der Waals surface area contributed by atoms with Crippen molar-refractivity contribution in [1.82, 2.24) is 9.73 Å². The monoisotopic (exact) mass is 595 g/mol. The number of nitrogens with zero attached hydrogens (tertiary/aromatic N) is 2. The Kier molecular flexibility index (Phi) is 9.95. The van der Waals surface area contributed by atoms with Crippen molar-refractivity contribution in [2.45, 2.75) is 25.0 Å². The molecule has 0 aliphatic rings. The molecule has 0 bridgehead atoms. The van der Waals surface area contributed by atoms with Crippen LogP contribution in [0.2, 0.25) is 10.0 Å². The van der Waals surface area contributed by atoms with Gasteiger partial charge < -0.3 is 4.74 Å². The Morgan fingerprint density at radius 2 is 1.65 bits per heavy atom. The van der Waals surface area contributed by atoms with E-state index < -0.39 is 22.5 Å². The Hall–Kier alpha value is -3.69. The molecule has 206 valence electrons. The molecular formula is C30H27Cl2N3O4S. The molecule has 0 saturated carbocycles. The van der Waals surface area contributed by atoms with Gasteiger partial charge in [-0.2, -0.15) is 9.41 Å². The number of amides is 1. The molecule has 0 saturated heterocycles. The van der Waals surface area contributed by atoms with Gasteiger partial charge in [-0.15, -0.1) is 0 Å². The quantitative estimate of drug-likeness (QED) is 0.165. The van der Waals surface area contributed by atoms with E-state index in [4.69, 9.17) is 27.9 Å². The van der Waals surface area contributed by atoms with E-state index in [9.17, 15) is 13.2 Å². The smallest absolute Gasteiger partial charge is 0.255 e. The molecule has 0 aromatic heterocycles. The van der Waals surface area contributed by atoms with Gasteiger partial charge in [0.2, 0.25) is 10.0 Å². The molecule has 4 aromatic carbocycles. The molecule has 4 aromatic rings. The summed E-state index contributed by atoms with van der Waals surface area (Å²) in [5, 5.41) is 4.71. The van der Waals surface area contributed by atoms with Crippen molar-refractivity contribution in [3.63, 3.8) is 0 Å². The molecule has 0 radical (unpaired) electrons. The molecule has 7 nitrogen and oxygen atoms in total. The summed E-state index contributed by atoms with van der Waals surface area (Å²) in [4.78, 5) is 12.8. The highest BCUT2D eigenvalue weighted by Crippen LogP contribution is 2.25. The van der Waals surface area contributed by atoms with E-state index in [1.54, 1.807) is 48.5 Å². The minimum Gasteiger partial charge on any atom is -0.489 e. The lowest BCUT2D eigenvalue weighted by Crippen LogP contribution is -2.39. The zero-order valence-corrected chi connectivity index (χ0v) is 24.0. The van der Waals surface area contributed by atoms with Crippen LogP contribution in [0.4, 0.5) is 0 Å². The van der Waals surface area contributed by atoms with Crippen molar-refractivity contribution in [3.05, 3.63) is 129 Å². The van der Waals surface area contributed by atoms with Crippen molar-refractivity contribution in [2.75, 3.05) is 6.54 Å². The van der Waals surface area contributed by atoms with Gasteiger partial charge in [-0.05, 0) is 72.1 Å². The Morgan fingerprint density at radius 1 is 0.950 bits per heavy atom. The molecule has 0 unspecified atom stereocenters. The van der Waals surface area contributed by atoms with Crippen molar-refractivity contribution in [2.24, 2.45) is 5.10 Å². The van der Waals surface area contributed by atoms with Crippen LogP contribution >= 0.6 is 23.2 Å². The molecule has 0 spiro atoms. The average Bonchev–Trinajstić information content (AvgIpc) is 2.94. The first-order valence-corrected chi connectivity index (χ1v) is 14.5. The first-order chi connectivity index (χ1) is 19.2. The fourth-order valence-electron chi connectivity index (χ4n) is 3.69. The predicted octanol–water partition coefficient (Wildman–Crippen LogP) is 6.22. The van der Waals surface area contributed by atoms with Gasteiger partial charge in [0.25, 0.3) is 5.91 Å². The van der Waals surface area contributed by atoms with Crippen molar-refractivity contribution < 1.29 is 17.9 Å². The van der Waals surface area contributed by atoms with Crippen LogP contribution < -0.4 is 10.2 Å². The van der Waals surface area contributed by atoms with Gasteiger partial charge in [0.15, 0.2) is 0 Å². The number of sulfonamides is 1. The summed E-state index contributed by atoms with van der Waals surface area (Å²) in [7, 11) is -4.03. The molecule has 0 aliphatic carbocycles. The van der Waals surface area contributed by atoms with Gasteiger partial charge in [-0.3, -0.25) is 4.79 Å². The number of aryl methyl sites for hydroxylation is 1. The third kappa shape index (κ3) is 8.16. The predicted molar refractivity (Wildman–Crippen MR) is 158 cm³/mol. The van der Waals surface area contributed by atoms with E-state index in [-0.39, 0.29) is 11.4 Å². The molecule has 1 N–H and O–H groups in total. The maximum atomic E-state index is 13.5. The van der Waals surface area contributed by atoms with E-state index in [0.717, 1.165) is 21.0 Å². The van der Waals surface area contributed by atoms with Gasteiger partial charge in [0, 0.05) is 16.6 Å². The molecule has 40 heavy (non-hydrogen) atoms. The van der Waals surface area contributed by atoms with Crippen molar-refractivity contribution >= 4 is 45.3 Å². The van der Waals surface area contributed by atoms with Gasteiger partial charge in [0.05, 0.1) is 17.7 Å². The number of halogens is 2. The number of hydrogen-bond donors (Lipinski definition) is 1. The van der Waals surface area contributed by atoms with Gasteiger partial charge >= 0.3 is 0 Å². The average molecular weight is 597 g/mol. The summed E-state index contributed by atoms with van der Waals surface area (Å²) < 4.78 is 33.7. The van der Waals surface area contributed by atoms with Crippen molar-refractivity contribution in [1.29, 1.82) is 0 Å². The highest BCUT2D eigenvalue weighted by molar-refractivity contribution is 7.89. The fourth-order valence-corrected chi connectivity index (χ4v) is 5.53. The van der Waals surface area contributed by atoms with Crippen LogP contribution in [0, 0.1) is 6.92 Å². The molecular weight excluding hydrogens is 569 g/mol. The molecule has 4 rings (SSSR count). The zero-order valence-electron chi connectivity index (χ0n) is 21.6.